The minimum absolute atomic E-state index is 0.555. The van der Waals surface area contributed by atoms with Gasteiger partial charge in [-0.2, -0.15) is 4.98 Å². The molecule has 1 aliphatic heterocycles. The Kier molecular flexibility index (Phi) is 6.01. The zero-order valence-corrected chi connectivity index (χ0v) is 17.4. The Balaban J connectivity index is 1.90. The van der Waals surface area contributed by atoms with Gasteiger partial charge in [-0.3, -0.25) is 5.01 Å². The average molecular weight is 384 g/mol. The number of nitrogens with one attached hydrogen (secondary N) is 2. The Bertz CT molecular complexity index is 866. The highest BCUT2D eigenvalue weighted by atomic mass is 16.5. The van der Waals surface area contributed by atoms with E-state index in [0.29, 0.717) is 5.95 Å². The first-order chi connectivity index (χ1) is 13.4. The van der Waals surface area contributed by atoms with Crippen LogP contribution in [0.25, 0.3) is 0 Å². The second-order valence-electron chi connectivity index (χ2n) is 7.17. The van der Waals surface area contributed by atoms with Crippen molar-refractivity contribution in [3.8, 4) is 5.75 Å². The predicted octanol–water partition coefficient (Wildman–Crippen LogP) is 2.69. The van der Waals surface area contributed by atoms with Crippen LogP contribution >= 0.6 is 0 Å². The van der Waals surface area contributed by atoms with Crippen molar-refractivity contribution in [1.29, 1.82) is 0 Å². The van der Waals surface area contributed by atoms with Gasteiger partial charge >= 0.3 is 0 Å². The molecule has 1 aromatic carbocycles. The molecular formula is C20H29N7O. The van der Waals surface area contributed by atoms with Gasteiger partial charge < -0.3 is 20.3 Å². The first-order valence-corrected chi connectivity index (χ1v) is 9.22. The van der Waals surface area contributed by atoms with E-state index < -0.39 is 0 Å². The van der Waals surface area contributed by atoms with Crippen molar-refractivity contribution >= 4 is 23.1 Å². The lowest BCUT2D eigenvalue weighted by atomic mass is 10.2. The maximum atomic E-state index is 5.61. The van der Waals surface area contributed by atoms with Crippen LogP contribution in [0.3, 0.4) is 0 Å². The Morgan fingerprint density at radius 1 is 1.21 bits per heavy atom. The SMILES string of the molecule is CNc1cc(C)nc(Nc2ccc(OC)c(N3C=C(CN(C)C)CN3C)c2)n1. The second-order valence-corrected chi connectivity index (χ2v) is 7.17. The number of nitrogens with zero attached hydrogens (tertiary/aromatic N) is 5. The molecule has 0 unspecified atom stereocenters. The number of aryl methyl sites for hydroxylation is 1. The average Bonchev–Trinajstić information content (AvgIpc) is 3.00. The Labute approximate surface area is 166 Å². The predicted molar refractivity (Wildman–Crippen MR) is 114 cm³/mol. The van der Waals surface area contributed by atoms with Gasteiger partial charge in [0.25, 0.3) is 0 Å². The molecule has 0 saturated heterocycles. The minimum atomic E-state index is 0.555. The van der Waals surface area contributed by atoms with E-state index in [2.05, 4.69) is 68.9 Å². The molecule has 28 heavy (non-hydrogen) atoms. The third kappa shape index (κ3) is 4.52. The molecule has 1 aliphatic rings. The molecule has 2 heterocycles. The maximum absolute atomic E-state index is 5.61. The molecule has 0 radical (unpaired) electrons. The highest BCUT2D eigenvalue weighted by Gasteiger charge is 2.23. The quantitative estimate of drug-likeness (QED) is 0.756. The van der Waals surface area contributed by atoms with Crippen LogP contribution in [0.2, 0.25) is 0 Å². The number of rotatable bonds is 7. The van der Waals surface area contributed by atoms with Crippen LogP contribution in [0, 0.1) is 6.92 Å². The fourth-order valence-corrected chi connectivity index (χ4v) is 3.26. The Morgan fingerprint density at radius 2 is 2.00 bits per heavy atom. The van der Waals surface area contributed by atoms with E-state index in [1.807, 2.05) is 32.2 Å². The third-order valence-electron chi connectivity index (χ3n) is 4.42. The van der Waals surface area contributed by atoms with Crippen LogP contribution in [0.4, 0.5) is 23.1 Å². The van der Waals surface area contributed by atoms with Crippen LogP contribution in [0.1, 0.15) is 5.69 Å². The van der Waals surface area contributed by atoms with Gasteiger partial charge in [0.05, 0.1) is 7.11 Å². The maximum Gasteiger partial charge on any atom is 0.229 e. The van der Waals surface area contributed by atoms with Gasteiger partial charge in [-0.1, -0.05) is 0 Å². The molecule has 0 bridgehead atoms. The van der Waals surface area contributed by atoms with Gasteiger partial charge in [0.15, 0.2) is 0 Å². The lowest BCUT2D eigenvalue weighted by molar-refractivity contribution is 0.365. The van der Waals surface area contributed by atoms with Crippen molar-refractivity contribution in [3.63, 3.8) is 0 Å². The van der Waals surface area contributed by atoms with Crippen molar-refractivity contribution in [2.45, 2.75) is 6.92 Å². The van der Waals surface area contributed by atoms with Gasteiger partial charge in [-0.15, -0.1) is 0 Å². The zero-order chi connectivity index (χ0) is 20.3. The van der Waals surface area contributed by atoms with Crippen molar-refractivity contribution in [2.24, 2.45) is 0 Å². The summed E-state index contributed by atoms with van der Waals surface area (Å²) in [5.41, 5.74) is 4.09. The molecule has 2 N–H and O–H groups in total. The highest BCUT2D eigenvalue weighted by molar-refractivity contribution is 5.70. The molecule has 0 fully saturated rings. The molecule has 0 saturated carbocycles. The minimum Gasteiger partial charge on any atom is -0.495 e. The fraction of sp³-hybridized carbons (Fsp3) is 0.400. The number of hydrazine groups is 1. The van der Waals surface area contributed by atoms with Gasteiger partial charge in [-0.05, 0) is 44.8 Å². The summed E-state index contributed by atoms with van der Waals surface area (Å²) in [6, 6.07) is 7.88. The number of aromatic nitrogens is 2. The van der Waals surface area contributed by atoms with Crippen molar-refractivity contribution in [1.82, 2.24) is 19.9 Å². The van der Waals surface area contributed by atoms with E-state index in [1.54, 1.807) is 7.11 Å². The number of benzene rings is 1. The molecule has 0 atom stereocenters. The van der Waals surface area contributed by atoms with Crippen LogP contribution < -0.4 is 20.4 Å². The summed E-state index contributed by atoms with van der Waals surface area (Å²) in [7, 11) is 9.76. The highest BCUT2D eigenvalue weighted by Crippen LogP contribution is 2.35. The van der Waals surface area contributed by atoms with E-state index in [0.717, 1.165) is 41.7 Å². The Hall–Kier alpha value is -2.84. The van der Waals surface area contributed by atoms with Gasteiger partial charge in [0, 0.05) is 50.8 Å². The summed E-state index contributed by atoms with van der Waals surface area (Å²) in [5, 5.41) is 10.7. The lowest BCUT2D eigenvalue weighted by Gasteiger charge is -2.27. The van der Waals surface area contributed by atoms with Crippen molar-refractivity contribution in [2.75, 3.05) is 64.0 Å². The van der Waals surface area contributed by atoms with Gasteiger partial charge in [0.2, 0.25) is 5.95 Å². The van der Waals surface area contributed by atoms with Gasteiger partial charge in [0.1, 0.15) is 17.3 Å². The first-order valence-electron chi connectivity index (χ1n) is 9.22. The number of hydrogen-bond acceptors (Lipinski definition) is 8. The molecule has 3 rings (SSSR count). The number of ether oxygens (including phenoxy) is 1. The zero-order valence-electron chi connectivity index (χ0n) is 17.4. The van der Waals surface area contributed by atoms with Crippen LogP contribution in [0.15, 0.2) is 36.0 Å². The number of anilines is 4. The van der Waals surface area contributed by atoms with Crippen LogP contribution in [0.5, 0.6) is 5.75 Å². The molecule has 8 heteroatoms. The number of methoxy groups -OCH3 is 1. The molecule has 2 aromatic rings. The molecular weight excluding hydrogens is 354 g/mol. The molecule has 0 spiro atoms. The number of hydrogen-bond donors (Lipinski definition) is 2. The second kappa shape index (κ2) is 8.45. The van der Waals surface area contributed by atoms with Gasteiger partial charge in [-0.25, -0.2) is 9.99 Å². The van der Waals surface area contributed by atoms with E-state index in [4.69, 9.17) is 4.74 Å². The smallest absolute Gasteiger partial charge is 0.229 e. The standard InChI is InChI=1S/C20H29N7O/c1-14-9-19(21-2)24-20(22-14)23-16-7-8-18(28-6)17(10-16)27-13-15(11-25(3)4)12-26(27)5/h7-10,13H,11-12H2,1-6H3,(H2,21,22,23,24). The largest absolute Gasteiger partial charge is 0.495 e. The normalized spacial score (nSPS) is 14.4. The molecule has 1 aromatic heterocycles. The first kappa shape index (κ1) is 19.9. The summed E-state index contributed by atoms with van der Waals surface area (Å²) in [6.45, 7) is 3.75. The fourth-order valence-electron chi connectivity index (χ4n) is 3.26. The lowest BCUT2D eigenvalue weighted by Crippen LogP contribution is -2.32. The number of likely N-dealkylation sites (N-methyl/N-ethyl adjacent to an activating group) is 2. The molecule has 0 amide bonds. The van der Waals surface area contributed by atoms with Crippen LogP contribution in [-0.2, 0) is 0 Å². The van der Waals surface area contributed by atoms with E-state index in [1.165, 1.54) is 5.57 Å². The summed E-state index contributed by atoms with van der Waals surface area (Å²) in [4.78, 5) is 11.1. The Morgan fingerprint density at radius 3 is 2.68 bits per heavy atom. The summed E-state index contributed by atoms with van der Waals surface area (Å²) < 4.78 is 5.61. The van der Waals surface area contributed by atoms with E-state index in [9.17, 15) is 0 Å². The van der Waals surface area contributed by atoms with Crippen LogP contribution in [-0.4, -0.2) is 68.3 Å². The topological polar surface area (TPSA) is 68.8 Å². The monoisotopic (exact) mass is 383 g/mol. The van der Waals surface area contributed by atoms with E-state index >= 15 is 0 Å². The molecule has 150 valence electrons. The molecule has 8 nitrogen and oxygen atoms in total. The summed E-state index contributed by atoms with van der Waals surface area (Å²) in [6.07, 6.45) is 2.17. The summed E-state index contributed by atoms with van der Waals surface area (Å²) >= 11 is 0. The summed E-state index contributed by atoms with van der Waals surface area (Å²) in [5.74, 6) is 2.14. The third-order valence-corrected chi connectivity index (χ3v) is 4.42. The van der Waals surface area contributed by atoms with E-state index in [-0.39, 0.29) is 0 Å². The molecule has 0 aliphatic carbocycles. The van der Waals surface area contributed by atoms with Crippen molar-refractivity contribution in [3.05, 3.63) is 41.7 Å². The van der Waals surface area contributed by atoms with Crippen molar-refractivity contribution < 1.29 is 4.74 Å².